The molecule has 1 aliphatic carbocycles. The van der Waals surface area contributed by atoms with Crippen LogP contribution in [0.25, 0.3) is 11.3 Å². The van der Waals surface area contributed by atoms with Gasteiger partial charge in [0.2, 0.25) is 0 Å². The number of aromatic nitrogens is 1. The molecule has 3 aromatic heterocycles. The number of fused-ring (bicyclic) bond motifs is 1. The summed E-state index contributed by atoms with van der Waals surface area (Å²) in [6.45, 7) is 1.92. The summed E-state index contributed by atoms with van der Waals surface area (Å²) >= 11 is 1.42. The van der Waals surface area contributed by atoms with Gasteiger partial charge < -0.3 is 19.6 Å². The number of aryl methyl sites for hydroxylation is 2. The fraction of sp³-hybridized carbons (Fsp3) is 0.240. The van der Waals surface area contributed by atoms with Gasteiger partial charge in [-0.25, -0.2) is 4.39 Å². The van der Waals surface area contributed by atoms with Crippen LogP contribution in [0.5, 0.6) is 0 Å². The molecular formula is C25H22FN3O4S. The molecule has 0 saturated heterocycles. The average Bonchev–Trinajstić information content (AvgIpc) is 3.59. The van der Waals surface area contributed by atoms with Gasteiger partial charge in [-0.2, -0.15) is 0 Å². The van der Waals surface area contributed by atoms with Crippen molar-refractivity contribution in [2.45, 2.75) is 39.2 Å². The minimum atomic E-state index is -0.499. The molecule has 0 unspecified atom stereocenters. The van der Waals surface area contributed by atoms with Crippen LogP contribution >= 0.6 is 11.3 Å². The normalized spacial score (nSPS) is 12.9. The van der Waals surface area contributed by atoms with Crippen molar-refractivity contribution in [3.63, 3.8) is 0 Å². The molecule has 34 heavy (non-hydrogen) atoms. The molecule has 4 aromatic rings. The molecule has 5 rings (SSSR count). The highest BCUT2D eigenvalue weighted by molar-refractivity contribution is 7.17. The van der Waals surface area contributed by atoms with Gasteiger partial charge >= 0.3 is 0 Å². The lowest BCUT2D eigenvalue weighted by molar-refractivity contribution is 0.0948. The molecule has 3 heterocycles. The van der Waals surface area contributed by atoms with E-state index >= 15 is 0 Å². The Morgan fingerprint density at radius 2 is 2.00 bits per heavy atom. The number of carbonyl (C=O) groups excluding carboxylic acids is 2. The summed E-state index contributed by atoms with van der Waals surface area (Å²) in [7, 11) is 0. The van der Waals surface area contributed by atoms with Crippen LogP contribution in [0.4, 0.5) is 9.39 Å². The molecule has 0 radical (unpaired) electrons. The average molecular weight is 480 g/mol. The van der Waals surface area contributed by atoms with Crippen molar-refractivity contribution in [1.82, 2.24) is 10.5 Å². The van der Waals surface area contributed by atoms with E-state index in [1.807, 2.05) is 0 Å². The van der Waals surface area contributed by atoms with Crippen molar-refractivity contribution in [2.24, 2.45) is 0 Å². The first kappa shape index (κ1) is 22.1. The maximum Gasteiger partial charge on any atom is 0.278 e. The van der Waals surface area contributed by atoms with E-state index in [1.54, 1.807) is 37.5 Å². The number of thiophene rings is 1. The van der Waals surface area contributed by atoms with Gasteiger partial charge in [-0.15, -0.1) is 11.3 Å². The minimum absolute atomic E-state index is 0.0456. The van der Waals surface area contributed by atoms with Crippen LogP contribution in [0.1, 0.15) is 55.5 Å². The Bertz CT molecular complexity index is 1360. The minimum Gasteiger partial charge on any atom is -0.467 e. The number of hydrogen-bond donors (Lipinski definition) is 2. The van der Waals surface area contributed by atoms with Gasteiger partial charge in [-0.05, 0) is 61.9 Å². The summed E-state index contributed by atoms with van der Waals surface area (Å²) in [4.78, 5) is 27.2. The molecular weight excluding hydrogens is 457 g/mol. The molecule has 0 atom stereocenters. The van der Waals surface area contributed by atoms with E-state index in [1.165, 1.54) is 23.5 Å². The first-order chi connectivity index (χ1) is 16.5. The lowest BCUT2D eigenvalue weighted by atomic mass is 9.95. The number of furan rings is 1. The number of nitrogens with zero attached hydrogens (tertiary/aromatic N) is 1. The van der Waals surface area contributed by atoms with Gasteiger partial charge in [0.05, 0.1) is 18.4 Å². The number of benzene rings is 1. The molecule has 2 amide bonds. The third-order valence-electron chi connectivity index (χ3n) is 5.83. The van der Waals surface area contributed by atoms with Gasteiger partial charge in [0.1, 0.15) is 16.6 Å². The molecule has 0 spiro atoms. The SMILES string of the molecule is Cc1ccc(-c2cc(C(=O)Nc3sc4c(c3C(=O)NCc3ccco3)CCCC4)no2)cc1F. The number of amides is 2. The summed E-state index contributed by atoms with van der Waals surface area (Å²) in [5.74, 6) is -0.200. The largest absolute Gasteiger partial charge is 0.467 e. The molecule has 1 aromatic carbocycles. The van der Waals surface area contributed by atoms with E-state index in [9.17, 15) is 14.0 Å². The topological polar surface area (TPSA) is 97.4 Å². The van der Waals surface area contributed by atoms with Gasteiger partial charge in [-0.1, -0.05) is 17.3 Å². The number of carbonyl (C=O) groups is 2. The highest BCUT2D eigenvalue weighted by Crippen LogP contribution is 2.38. The van der Waals surface area contributed by atoms with E-state index in [0.717, 1.165) is 36.1 Å². The number of anilines is 1. The second-order valence-corrected chi connectivity index (χ2v) is 9.28. The van der Waals surface area contributed by atoms with E-state index in [0.29, 0.717) is 27.5 Å². The van der Waals surface area contributed by atoms with Crippen LogP contribution in [-0.2, 0) is 19.4 Å². The molecule has 7 nitrogen and oxygen atoms in total. The summed E-state index contributed by atoms with van der Waals surface area (Å²) in [6.07, 6.45) is 5.26. The molecule has 9 heteroatoms. The van der Waals surface area contributed by atoms with E-state index in [-0.39, 0.29) is 29.7 Å². The van der Waals surface area contributed by atoms with Crippen molar-refractivity contribution in [1.29, 1.82) is 0 Å². The maximum absolute atomic E-state index is 13.9. The fourth-order valence-electron chi connectivity index (χ4n) is 3.99. The summed E-state index contributed by atoms with van der Waals surface area (Å²) in [5, 5.41) is 10.1. The highest BCUT2D eigenvalue weighted by atomic mass is 32.1. The molecule has 0 bridgehead atoms. The van der Waals surface area contributed by atoms with Crippen LogP contribution in [0.2, 0.25) is 0 Å². The summed E-state index contributed by atoms with van der Waals surface area (Å²) in [6, 6.07) is 9.69. The van der Waals surface area contributed by atoms with Crippen LogP contribution in [0, 0.1) is 12.7 Å². The van der Waals surface area contributed by atoms with Gasteiger partial charge in [0, 0.05) is 16.5 Å². The maximum atomic E-state index is 13.9. The number of rotatable bonds is 6. The molecule has 0 fully saturated rings. The van der Waals surface area contributed by atoms with Crippen LogP contribution in [-0.4, -0.2) is 17.0 Å². The van der Waals surface area contributed by atoms with Crippen molar-refractivity contribution < 1.29 is 22.9 Å². The Labute approximate surface area is 199 Å². The molecule has 1 aliphatic rings. The zero-order chi connectivity index (χ0) is 23.7. The number of halogens is 1. The van der Waals surface area contributed by atoms with Crippen molar-refractivity contribution in [2.75, 3.05) is 5.32 Å². The summed E-state index contributed by atoms with van der Waals surface area (Å²) < 4.78 is 24.5. The lowest BCUT2D eigenvalue weighted by Crippen LogP contribution is -2.25. The first-order valence-electron chi connectivity index (χ1n) is 11.0. The van der Waals surface area contributed by atoms with Gasteiger partial charge in [-0.3, -0.25) is 9.59 Å². The Kier molecular flexibility index (Phi) is 6.02. The second kappa shape index (κ2) is 9.26. The number of nitrogens with one attached hydrogen (secondary N) is 2. The van der Waals surface area contributed by atoms with Crippen LogP contribution < -0.4 is 10.6 Å². The predicted molar refractivity (Wildman–Crippen MR) is 125 cm³/mol. The van der Waals surface area contributed by atoms with Crippen LogP contribution in [0.3, 0.4) is 0 Å². The Hall–Kier alpha value is -3.72. The molecule has 2 N–H and O–H groups in total. The van der Waals surface area contributed by atoms with Crippen LogP contribution in [0.15, 0.2) is 51.6 Å². The van der Waals surface area contributed by atoms with E-state index < -0.39 is 5.91 Å². The fourth-order valence-corrected chi connectivity index (χ4v) is 5.28. The number of hydrogen-bond acceptors (Lipinski definition) is 6. The highest BCUT2D eigenvalue weighted by Gasteiger charge is 2.27. The van der Waals surface area contributed by atoms with Crippen molar-refractivity contribution in [3.05, 3.63) is 81.5 Å². The zero-order valence-electron chi connectivity index (χ0n) is 18.4. The lowest BCUT2D eigenvalue weighted by Gasteiger charge is -2.13. The second-order valence-electron chi connectivity index (χ2n) is 8.17. The monoisotopic (exact) mass is 479 g/mol. The molecule has 0 saturated carbocycles. The Morgan fingerprint density at radius 3 is 2.79 bits per heavy atom. The smallest absolute Gasteiger partial charge is 0.278 e. The Balaban J connectivity index is 1.38. The van der Waals surface area contributed by atoms with E-state index in [4.69, 9.17) is 8.94 Å². The van der Waals surface area contributed by atoms with Crippen molar-refractivity contribution in [3.8, 4) is 11.3 Å². The van der Waals surface area contributed by atoms with E-state index in [2.05, 4.69) is 15.8 Å². The predicted octanol–water partition coefficient (Wildman–Crippen LogP) is 5.50. The third-order valence-corrected chi connectivity index (χ3v) is 7.04. The van der Waals surface area contributed by atoms with Gasteiger partial charge in [0.15, 0.2) is 11.5 Å². The third kappa shape index (κ3) is 4.38. The van der Waals surface area contributed by atoms with Crippen molar-refractivity contribution >= 4 is 28.2 Å². The Morgan fingerprint density at radius 1 is 1.15 bits per heavy atom. The zero-order valence-corrected chi connectivity index (χ0v) is 19.3. The van der Waals surface area contributed by atoms with Gasteiger partial charge in [0.25, 0.3) is 11.8 Å². The standard InChI is InChI=1S/C25H22FN3O4S/c1-14-8-9-15(11-18(14)26)20-12-19(29-33-20)23(30)28-25-22(17-6-2-3-7-21(17)34-25)24(31)27-13-16-5-4-10-32-16/h4-5,8-12H,2-3,6-7,13H2,1H3,(H,27,31)(H,28,30). The molecule has 0 aliphatic heterocycles. The summed E-state index contributed by atoms with van der Waals surface area (Å²) in [5.41, 5.74) is 2.52. The molecule has 174 valence electrons. The first-order valence-corrected chi connectivity index (χ1v) is 11.8. The quantitative estimate of drug-likeness (QED) is 0.380.